The summed E-state index contributed by atoms with van der Waals surface area (Å²) in [6.07, 6.45) is 0. The Balaban J connectivity index is 2.45. The maximum Gasteiger partial charge on any atom is 0.144 e. The van der Waals surface area contributed by atoms with E-state index in [9.17, 15) is 21.0 Å². The van der Waals surface area contributed by atoms with E-state index in [-0.39, 0.29) is 5.57 Å². The summed E-state index contributed by atoms with van der Waals surface area (Å²) < 4.78 is 0. The van der Waals surface area contributed by atoms with Gasteiger partial charge in [-0.05, 0) is 22.3 Å². The Kier molecular flexibility index (Phi) is 3.82. The van der Waals surface area contributed by atoms with Crippen LogP contribution in [0.2, 0.25) is 0 Å². The molecule has 0 spiro atoms. The Labute approximate surface area is 139 Å². The van der Waals surface area contributed by atoms with Crippen molar-refractivity contribution < 1.29 is 0 Å². The maximum atomic E-state index is 9.41. The Morgan fingerprint density at radius 2 is 1.21 bits per heavy atom. The molecule has 0 bridgehead atoms. The number of benzene rings is 2. The number of rotatable bonds is 1. The molecule has 0 fully saturated rings. The standard InChI is InChI=1S/C20H10N4/c21-9-13(10-22)19-15-5-1-2-6-16(15)20(14(11-23)12-24)18-8-4-3-7-17(18)19/h1-8,13,19H. The third-order valence-electron chi connectivity index (χ3n) is 4.22. The molecule has 0 radical (unpaired) electrons. The number of allylic oxidation sites excluding steroid dienone is 1. The van der Waals surface area contributed by atoms with E-state index in [1.165, 1.54) is 0 Å². The SMILES string of the molecule is N#CC(C#N)=C1c2ccccc2C(C(C#N)C#N)c2ccccc21. The fourth-order valence-corrected chi connectivity index (χ4v) is 3.25. The minimum absolute atomic E-state index is 0.0267. The molecule has 0 atom stereocenters. The lowest BCUT2D eigenvalue weighted by atomic mass is 9.70. The average molecular weight is 306 g/mol. The summed E-state index contributed by atoms with van der Waals surface area (Å²) in [6.45, 7) is 0. The fourth-order valence-electron chi connectivity index (χ4n) is 3.25. The Hall–Kier alpha value is -3.86. The molecule has 1 aliphatic rings. The predicted molar refractivity (Wildman–Crippen MR) is 86.7 cm³/mol. The lowest BCUT2D eigenvalue weighted by Crippen LogP contribution is -2.19. The number of nitrogens with zero attached hydrogens (tertiary/aromatic N) is 4. The van der Waals surface area contributed by atoms with Crippen molar-refractivity contribution >= 4 is 5.57 Å². The number of nitriles is 4. The second-order valence-corrected chi connectivity index (χ2v) is 5.36. The molecule has 110 valence electrons. The van der Waals surface area contributed by atoms with Crippen molar-refractivity contribution in [3.8, 4) is 24.3 Å². The summed E-state index contributed by atoms with van der Waals surface area (Å²) in [6, 6.07) is 22.7. The van der Waals surface area contributed by atoms with E-state index in [0.29, 0.717) is 5.57 Å². The van der Waals surface area contributed by atoms with Gasteiger partial charge in [-0.1, -0.05) is 48.5 Å². The van der Waals surface area contributed by atoms with Gasteiger partial charge in [0.1, 0.15) is 23.6 Å². The van der Waals surface area contributed by atoms with Crippen LogP contribution in [0.3, 0.4) is 0 Å². The predicted octanol–water partition coefficient (Wildman–Crippen LogP) is 3.64. The van der Waals surface area contributed by atoms with Crippen LogP contribution >= 0.6 is 0 Å². The molecule has 0 aliphatic heterocycles. The number of fused-ring (bicyclic) bond motifs is 2. The lowest BCUT2D eigenvalue weighted by molar-refractivity contribution is 0.700. The van der Waals surface area contributed by atoms with Crippen LogP contribution in [-0.2, 0) is 0 Å². The van der Waals surface area contributed by atoms with Crippen molar-refractivity contribution in [1.82, 2.24) is 0 Å². The summed E-state index contributed by atoms with van der Waals surface area (Å²) in [5.41, 5.74) is 3.64. The van der Waals surface area contributed by atoms with Gasteiger partial charge in [0.05, 0.1) is 12.1 Å². The van der Waals surface area contributed by atoms with Crippen LogP contribution in [-0.4, -0.2) is 0 Å². The van der Waals surface area contributed by atoms with Gasteiger partial charge in [0.15, 0.2) is 0 Å². The van der Waals surface area contributed by atoms with Gasteiger partial charge in [-0.3, -0.25) is 0 Å². The molecule has 0 saturated carbocycles. The highest BCUT2D eigenvalue weighted by atomic mass is 14.4. The van der Waals surface area contributed by atoms with Gasteiger partial charge >= 0.3 is 0 Å². The minimum Gasteiger partial charge on any atom is -0.197 e. The average Bonchev–Trinajstić information content (AvgIpc) is 2.64. The highest BCUT2D eigenvalue weighted by Gasteiger charge is 2.35. The highest BCUT2D eigenvalue weighted by molar-refractivity contribution is 5.92. The van der Waals surface area contributed by atoms with E-state index in [1.807, 2.05) is 60.7 Å². The number of hydrogen-bond acceptors (Lipinski definition) is 4. The molecule has 0 unspecified atom stereocenters. The smallest absolute Gasteiger partial charge is 0.144 e. The first kappa shape index (κ1) is 15.1. The van der Waals surface area contributed by atoms with Crippen LogP contribution in [0.1, 0.15) is 28.2 Å². The first-order chi connectivity index (χ1) is 11.8. The lowest BCUT2D eigenvalue weighted by Gasteiger charge is -2.30. The van der Waals surface area contributed by atoms with Crippen LogP contribution in [0.4, 0.5) is 0 Å². The van der Waals surface area contributed by atoms with Crippen LogP contribution in [0.5, 0.6) is 0 Å². The monoisotopic (exact) mass is 306 g/mol. The Bertz CT molecular complexity index is 940. The second kappa shape index (κ2) is 6.10. The van der Waals surface area contributed by atoms with Gasteiger partial charge in [-0.15, -0.1) is 0 Å². The van der Waals surface area contributed by atoms with Crippen molar-refractivity contribution in [3.05, 3.63) is 76.4 Å². The molecule has 1 aliphatic carbocycles. The summed E-state index contributed by atoms with van der Waals surface area (Å²) in [5.74, 6) is -1.25. The van der Waals surface area contributed by atoms with Gasteiger partial charge in [0, 0.05) is 11.5 Å². The largest absolute Gasteiger partial charge is 0.197 e. The van der Waals surface area contributed by atoms with E-state index < -0.39 is 11.8 Å². The fraction of sp³-hybridized carbons (Fsp3) is 0.100. The van der Waals surface area contributed by atoms with E-state index in [4.69, 9.17) is 0 Å². The molecular formula is C20H10N4. The van der Waals surface area contributed by atoms with Crippen LogP contribution in [0.15, 0.2) is 54.1 Å². The molecule has 2 aromatic carbocycles. The summed E-state index contributed by atoms with van der Waals surface area (Å²) in [5, 5.41) is 37.5. The zero-order valence-corrected chi connectivity index (χ0v) is 12.6. The summed E-state index contributed by atoms with van der Waals surface area (Å²) >= 11 is 0. The molecule has 0 heterocycles. The first-order valence-electron chi connectivity index (χ1n) is 7.29. The normalized spacial score (nSPS) is 14.4. The van der Waals surface area contributed by atoms with Crippen molar-refractivity contribution in [2.24, 2.45) is 5.92 Å². The van der Waals surface area contributed by atoms with Gasteiger partial charge < -0.3 is 0 Å². The minimum atomic E-state index is -0.846. The highest BCUT2D eigenvalue weighted by Crippen LogP contribution is 2.46. The van der Waals surface area contributed by atoms with Crippen molar-refractivity contribution in [2.45, 2.75) is 5.92 Å². The quantitative estimate of drug-likeness (QED) is 0.751. The molecule has 0 amide bonds. The topological polar surface area (TPSA) is 95.2 Å². The van der Waals surface area contributed by atoms with E-state index >= 15 is 0 Å². The van der Waals surface area contributed by atoms with Crippen LogP contribution < -0.4 is 0 Å². The van der Waals surface area contributed by atoms with Crippen LogP contribution in [0.25, 0.3) is 5.57 Å². The Morgan fingerprint density at radius 1 is 0.750 bits per heavy atom. The van der Waals surface area contributed by atoms with Crippen molar-refractivity contribution in [3.63, 3.8) is 0 Å². The molecule has 4 nitrogen and oxygen atoms in total. The molecule has 0 aromatic heterocycles. The van der Waals surface area contributed by atoms with E-state index in [2.05, 4.69) is 12.1 Å². The summed E-state index contributed by atoms with van der Waals surface area (Å²) in [7, 11) is 0. The van der Waals surface area contributed by atoms with Gasteiger partial charge in [-0.2, -0.15) is 21.0 Å². The molecule has 24 heavy (non-hydrogen) atoms. The molecule has 3 rings (SSSR count). The third-order valence-corrected chi connectivity index (χ3v) is 4.22. The molecule has 0 N–H and O–H groups in total. The summed E-state index contributed by atoms with van der Waals surface area (Å²) in [4.78, 5) is 0. The van der Waals surface area contributed by atoms with E-state index in [0.717, 1.165) is 22.3 Å². The zero-order chi connectivity index (χ0) is 17.1. The third kappa shape index (κ3) is 2.12. The molecule has 4 heteroatoms. The first-order valence-corrected chi connectivity index (χ1v) is 7.29. The number of hydrogen-bond donors (Lipinski definition) is 0. The van der Waals surface area contributed by atoms with Gasteiger partial charge in [0.25, 0.3) is 0 Å². The van der Waals surface area contributed by atoms with Gasteiger partial charge in [0.2, 0.25) is 0 Å². The maximum absolute atomic E-state index is 9.41. The van der Waals surface area contributed by atoms with Crippen LogP contribution in [0, 0.1) is 51.2 Å². The zero-order valence-electron chi connectivity index (χ0n) is 12.6. The Morgan fingerprint density at radius 3 is 1.62 bits per heavy atom. The van der Waals surface area contributed by atoms with E-state index in [1.54, 1.807) is 0 Å². The molecule has 0 saturated heterocycles. The molecule has 2 aromatic rings. The van der Waals surface area contributed by atoms with Crippen molar-refractivity contribution in [1.29, 1.82) is 21.0 Å². The van der Waals surface area contributed by atoms with Gasteiger partial charge in [-0.25, -0.2) is 0 Å². The second-order valence-electron chi connectivity index (χ2n) is 5.36. The molecular weight excluding hydrogens is 296 g/mol. The van der Waals surface area contributed by atoms with Crippen molar-refractivity contribution in [2.75, 3.05) is 0 Å².